The highest BCUT2D eigenvalue weighted by Crippen LogP contribution is 2.33. The summed E-state index contributed by atoms with van der Waals surface area (Å²) in [6.07, 6.45) is 13.5. The van der Waals surface area contributed by atoms with Crippen molar-refractivity contribution in [3.05, 3.63) is 55.4 Å². The quantitative estimate of drug-likeness (QED) is 0.525. The van der Waals surface area contributed by atoms with E-state index in [2.05, 4.69) is 40.5 Å². The molecular weight excluding hydrogens is 400 g/mol. The Labute approximate surface area is 188 Å². The van der Waals surface area contributed by atoms with Gasteiger partial charge in [-0.05, 0) is 74.9 Å². The monoisotopic (exact) mass is 430 g/mol. The number of ether oxygens (including phenoxy) is 1. The molecule has 0 radical (unpaired) electrons. The molecule has 3 aromatic rings. The highest BCUT2D eigenvalue weighted by molar-refractivity contribution is 5.93. The highest BCUT2D eigenvalue weighted by Gasteiger charge is 2.26. The first-order chi connectivity index (χ1) is 15.7. The van der Waals surface area contributed by atoms with Crippen molar-refractivity contribution >= 4 is 16.8 Å². The molecule has 5 rings (SSSR count). The number of rotatable bonds is 5. The summed E-state index contributed by atoms with van der Waals surface area (Å²) in [7, 11) is 0. The molecule has 0 bridgehead atoms. The van der Waals surface area contributed by atoms with E-state index in [1.165, 1.54) is 25.3 Å². The van der Waals surface area contributed by atoms with Crippen LogP contribution >= 0.6 is 0 Å². The molecule has 1 saturated carbocycles. The van der Waals surface area contributed by atoms with Gasteiger partial charge in [-0.25, -0.2) is 0 Å². The van der Waals surface area contributed by atoms with Gasteiger partial charge in [0.2, 0.25) is 5.91 Å². The largest absolute Gasteiger partial charge is 0.490 e. The maximum Gasteiger partial charge on any atom is 0.246 e. The summed E-state index contributed by atoms with van der Waals surface area (Å²) in [6.45, 7) is 5.06. The number of nitrogens with zero attached hydrogens (tertiary/aromatic N) is 4. The highest BCUT2D eigenvalue weighted by atomic mass is 16.5. The lowest BCUT2D eigenvalue weighted by Crippen LogP contribution is -2.40. The number of piperidine rings is 1. The number of likely N-dealkylation sites (tertiary alicyclic amines) is 1. The number of amides is 1. The van der Waals surface area contributed by atoms with Crippen LogP contribution in [0.15, 0.2) is 55.4 Å². The van der Waals surface area contributed by atoms with Crippen LogP contribution in [0.2, 0.25) is 0 Å². The van der Waals surface area contributed by atoms with Gasteiger partial charge in [0, 0.05) is 36.4 Å². The van der Waals surface area contributed by atoms with Gasteiger partial charge in [0.05, 0.1) is 17.7 Å². The lowest BCUT2D eigenvalue weighted by atomic mass is 9.98. The van der Waals surface area contributed by atoms with Crippen molar-refractivity contribution in [2.24, 2.45) is 0 Å². The summed E-state index contributed by atoms with van der Waals surface area (Å²) in [5.41, 5.74) is 3.02. The van der Waals surface area contributed by atoms with Crippen LogP contribution in [0.25, 0.3) is 22.2 Å². The first-order valence-electron chi connectivity index (χ1n) is 11.7. The minimum Gasteiger partial charge on any atom is -0.490 e. The van der Waals surface area contributed by atoms with Crippen molar-refractivity contribution in [3.63, 3.8) is 0 Å². The van der Waals surface area contributed by atoms with Crippen molar-refractivity contribution in [2.75, 3.05) is 13.1 Å². The fourth-order valence-corrected chi connectivity index (χ4v) is 5.03. The molecule has 0 spiro atoms. The molecule has 166 valence electrons. The average Bonchev–Trinajstić information content (AvgIpc) is 3.24. The SMILES string of the molecule is C=CC(=O)N1CCC[C@@H](n2nc(-c3ccc(OC4CCCCC4)cc3)c3cnccc32)C1. The fourth-order valence-electron chi connectivity index (χ4n) is 5.03. The van der Waals surface area contributed by atoms with Crippen LogP contribution in [0.4, 0.5) is 0 Å². The number of hydrogen-bond acceptors (Lipinski definition) is 4. The van der Waals surface area contributed by atoms with Gasteiger partial charge >= 0.3 is 0 Å². The molecule has 1 aliphatic heterocycles. The maximum atomic E-state index is 12.2. The molecule has 32 heavy (non-hydrogen) atoms. The van der Waals surface area contributed by atoms with E-state index in [-0.39, 0.29) is 11.9 Å². The van der Waals surface area contributed by atoms with Crippen LogP contribution in [0.1, 0.15) is 51.0 Å². The molecule has 2 aromatic heterocycles. The van der Waals surface area contributed by atoms with E-state index in [0.29, 0.717) is 12.6 Å². The normalized spacial score (nSPS) is 19.8. The van der Waals surface area contributed by atoms with Gasteiger partial charge in [-0.2, -0.15) is 5.10 Å². The molecule has 0 N–H and O–H groups in total. The van der Waals surface area contributed by atoms with Gasteiger partial charge in [0.25, 0.3) is 0 Å². The fraction of sp³-hybridized carbons (Fsp3) is 0.423. The van der Waals surface area contributed by atoms with Crippen molar-refractivity contribution in [3.8, 4) is 17.0 Å². The van der Waals surface area contributed by atoms with Crippen LogP contribution < -0.4 is 4.74 Å². The van der Waals surface area contributed by atoms with E-state index in [9.17, 15) is 4.79 Å². The Morgan fingerprint density at radius 1 is 1.06 bits per heavy atom. The average molecular weight is 431 g/mol. The summed E-state index contributed by atoms with van der Waals surface area (Å²) in [6, 6.07) is 10.4. The predicted octanol–water partition coefficient (Wildman–Crippen LogP) is 5.16. The molecular formula is C26H30N4O2. The summed E-state index contributed by atoms with van der Waals surface area (Å²) in [5, 5.41) is 6.05. The van der Waals surface area contributed by atoms with Crippen LogP contribution in [0, 0.1) is 0 Å². The third-order valence-corrected chi connectivity index (χ3v) is 6.72. The zero-order valence-electron chi connectivity index (χ0n) is 18.4. The van der Waals surface area contributed by atoms with Gasteiger partial charge in [-0.15, -0.1) is 0 Å². The smallest absolute Gasteiger partial charge is 0.246 e. The van der Waals surface area contributed by atoms with Crippen molar-refractivity contribution in [1.29, 1.82) is 0 Å². The van der Waals surface area contributed by atoms with Gasteiger partial charge in [0.1, 0.15) is 11.4 Å². The van der Waals surface area contributed by atoms with Crippen LogP contribution in [0.5, 0.6) is 5.75 Å². The second-order valence-corrected chi connectivity index (χ2v) is 8.87. The van der Waals surface area contributed by atoms with E-state index >= 15 is 0 Å². The Morgan fingerprint density at radius 2 is 1.88 bits per heavy atom. The Bertz CT molecular complexity index is 1100. The van der Waals surface area contributed by atoms with Gasteiger partial charge in [0.15, 0.2) is 0 Å². The second-order valence-electron chi connectivity index (χ2n) is 8.87. The second kappa shape index (κ2) is 9.15. The number of carbonyl (C=O) groups excluding carboxylic acids is 1. The van der Waals surface area contributed by atoms with E-state index < -0.39 is 0 Å². The Balaban J connectivity index is 1.42. The Kier molecular flexibility index (Phi) is 5.93. The van der Waals surface area contributed by atoms with Crippen molar-refractivity contribution in [1.82, 2.24) is 19.7 Å². The molecule has 3 heterocycles. The number of hydrogen-bond donors (Lipinski definition) is 0. The maximum absolute atomic E-state index is 12.2. The van der Waals surface area contributed by atoms with Gasteiger partial charge in [-0.1, -0.05) is 13.0 Å². The Hall–Kier alpha value is -3.15. The zero-order valence-corrected chi connectivity index (χ0v) is 18.4. The first-order valence-corrected chi connectivity index (χ1v) is 11.7. The third-order valence-electron chi connectivity index (χ3n) is 6.72. The number of fused-ring (bicyclic) bond motifs is 1. The van der Waals surface area contributed by atoms with Crippen LogP contribution in [0.3, 0.4) is 0 Å². The third kappa shape index (κ3) is 4.14. The summed E-state index contributed by atoms with van der Waals surface area (Å²) in [4.78, 5) is 18.4. The minimum atomic E-state index is -0.0124. The predicted molar refractivity (Wildman–Crippen MR) is 126 cm³/mol. The van der Waals surface area contributed by atoms with Crippen LogP contribution in [-0.4, -0.2) is 44.8 Å². The number of aromatic nitrogens is 3. The first kappa shape index (κ1) is 20.7. The number of pyridine rings is 1. The lowest BCUT2D eigenvalue weighted by molar-refractivity contribution is -0.127. The summed E-state index contributed by atoms with van der Waals surface area (Å²) in [5.74, 6) is 0.912. The summed E-state index contributed by atoms with van der Waals surface area (Å²) >= 11 is 0. The van der Waals surface area contributed by atoms with Crippen LogP contribution in [-0.2, 0) is 4.79 Å². The molecule has 2 aliphatic rings. The topological polar surface area (TPSA) is 60.2 Å². The standard InChI is InChI=1S/C26H30N4O2/c1-2-25(31)29-16-6-7-20(18-29)30-24-14-15-27-17-23(24)26(28-30)19-10-12-22(13-11-19)32-21-8-4-3-5-9-21/h2,10-15,17,20-21H,1,3-9,16,18H2/t20-/m1/s1. The molecule has 6 nitrogen and oxygen atoms in total. The lowest BCUT2D eigenvalue weighted by Gasteiger charge is -2.32. The molecule has 1 aliphatic carbocycles. The van der Waals surface area contributed by atoms with E-state index in [0.717, 1.165) is 60.1 Å². The molecule has 6 heteroatoms. The van der Waals surface area contributed by atoms with Crippen molar-refractivity contribution < 1.29 is 9.53 Å². The summed E-state index contributed by atoms with van der Waals surface area (Å²) < 4.78 is 8.28. The molecule has 1 saturated heterocycles. The number of benzene rings is 1. The minimum absolute atomic E-state index is 0.0124. The van der Waals surface area contributed by atoms with E-state index in [4.69, 9.17) is 9.84 Å². The molecule has 1 atom stereocenters. The van der Waals surface area contributed by atoms with Crippen molar-refractivity contribution in [2.45, 2.75) is 57.1 Å². The molecule has 1 aromatic carbocycles. The van der Waals surface area contributed by atoms with Gasteiger partial charge < -0.3 is 9.64 Å². The molecule has 1 amide bonds. The van der Waals surface area contributed by atoms with E-state index in [1.54, 1.807) is 6.20 Å². The number of carbonyl (C=O) groups is 1. The molecule has 2 fully saturated rings. The molecule has 0 unspecified atom stereocenters. The Morgan fingerprint density at radius 3 is 2.66 bits per heavy atom. The van der Waals surface area contributed by atoms with Gasteiger partial charge in [-0.3, -0.25) is 14.5 Å². The zero-order chi connectivity index (χ0) is 21.9. The van der Waals surface area contributed by atoms with E-state index in [1.807, 2.05) is 17.2 Å².